The van der Waals surface area contributed by atoms with Gasteiger partial charge in [-0.3, -0.25) is 4.90 Å². The number of nitrogens with one attached hydrogen (secondary N) is 2. The summed E-state index contributed by atoms with van der Waals surface area (Å²) >= 11 is 0. The first kappa shape index (κ1) is 21.4. The Morgan fingerprint density at radius 3 is 2.57 bits per heavy atom. The molecule has 1 aromatic rings. The summed E-state index contributed by atoms with van der Waals surface area (Å²) in [5, 5.41) is 6.12. The lowest BCUT2D eigenvalue weighted by molar-refractivity contribution is -0.0357. The van der Waals surface area contributed by atoms with Crippen LogP contribution in [0.25, 0.3) is 0 Å². The van der Waals surface area contributed by atoms with Gasteiger partial charge >= 0.3 is 6.03 Å². The number of rotatable bonds is 7. The van der Waals surface area contributed by atoms with Gasteiger partial charge in [-0.1, -0.05) is 25.3 Å². The highest BCUT2D eigenvalue weighted by Crippen LogP contribution is 2.33. The smallest absolute Gasteiger partial charge is 0.315 e. The van der Waals surface area contributed by atoms with Crippen LogP contribution in [0, 0.1) is 0 Å². The molecular formula is C23H36N4O3. The van der Waals surface area contributed by atoms with Gasteiger partial charge in [0.1, 0.15) is 6.10 Å². The van der Waals surface area contributed by atoms with E-state index in [2.05, 4.69) is 20.5 Å². The monoisotopic (exact) mass is 416 g/mol. The first-order valence-corrected chi connectivity index (χ1v) is 11.7. The van der Waals surface area contributed by atoms with Crippen LogP contribution in [-0.2, 0) is 11.3 Å². The molecule has 0 bridgehead atoms. The largest absolute Gasteiger partial charge is 0.474 e. The second-order valence-electron chi connectivity index (χ2n) is 8.95. The van der Waals surface area contributed by atoms with Crippen LogP contribution in [0.2, 0.25) is 0 Å². The second-order valence-corrected chi connectivity index (χ2v) is 8.95. The van der Waals surface area contributed by atoms with Crippen molar-refractivity contribution in [2.24, 2.45) is 0 Å². The number of carbonyl (C=O) groups excluding carboxylic acids is 1. The molecule has 4 rings (SSSR count). The molecule has 2 N–H and O–H groups in total. The van der Waals surface area contributed by atoms with Crippen LogP contribution >= 0.6 is 0 Å². The maximum atomic E-state index is 12.5. The number of nitrogens with zero attached hydrogens (tertiary/aromatic N) is 2. The molecule has 3 aliphatic rings. The minimum Gasteiger partial charge on any atom is -0.474 e. The van der Waals surface area contributed by atoms with Crippen LogP contribution in [0.15, 0.2) is 18.3 Å². The lowest BCUT2D eigenvalue weighted by Gasteiger charge is -2.48. The first-order chi connectivity index (χ1) is 14.7. The maximum absolute atomic E-state index is 12.5. The van der Waals surface area contributed by atoms with Crippen molar-refractivity contribution in [1.82, 2.24) is 20.5 Å². The van der Waals surface area contributed by atoms with E-state index in [0.29, 0.717) is 25.1 Å². The molecule has 1 aromatic heterocycles. The summed E-state index contributed by atoms with van der Waals surface area (Å²) in [4.78, 5) is 19.4. The quantitative estimate of drug-likeness (QED) is 0.714. The Labute approximate surface area is 179 Å². The van der Waals surface area contributed by atoms with Gasteiger partial charge in [0.15, 0.2) is 0 Å². The number of hydrogen-bond donors (Lipinski definition) is 2. The number of ether oxygens (including phenoxy) is 2. The van der Waals surface area contributed by atoms with E-state index in [1.54, 1.807) is 6.20 Å². The van der Waals surface area contributed by atoms with Crippen molar-refractivity contribution in [3.05, 3.63) is 23.9 Å². The molecule has 1 saturated heterocycles. The molecule has 0 aromatic carbocycles. The van der Waals surface area contributed by atoms with E-state index in [1.165, 1.54) is 32.1 Å². The number of carbonyl (C=O) groups is 1. The minimum atomic E-state index is -0.112. The van der Waals surface area contributed by atoms with Crippen LogP contribution in [0.3, 0.4) is 0 Å². The molecule has 0 atom stereocenters. The van der Waals surface area contributed by atoms with E-state index in [4.69, 9.17) is 9.47 Å². The molecule has 1 aliphatic heterocycles. The number of hydrogen-bond acceptors (Lipinski definition) is 5. The van der Waals surface area contributed by atoms with Gasteiger partial charge in [0, 0.05) is 44.0 Å². The third kappa shape index (κ3) is 5.64. The van der Waals surface area contributed by atoms with Crippen molar-refractivity contribution >= 4 is 6.03 Å². The Balaban J connectivity index is 1.23. The van der Waals surface area contributed by atoms with Crippen LogP contribution in [-0.4, -0.2) is 60.4 Å². The SMILES string of the molecule is O=C(NCc1ccc(OC2CCCC2)nc1)NCC1(N2CCOCC2)CCCCC1. The Morgan fingerprint density at radius 2 is 1.87 bits per heavy atom. The fraction of sp³-hybridized carbons (Fsp3) is 0.739. The predicted molar refractivity (Wildman–Crippen MR) is 116 cm³/mol. The summed E-state index contributed by atoms with van der Waals surface area (Å²) in [7, 11) is 0. The van der Waals surface area contributed by atoms with Crippen molar-refractivity contribution < 1.29 is 14.3 Å². The fourth-order valence-electron chi connectivity index (χ4n) is 5.10. The number of amides is 2. The summed E-state index contributed by atoms with van der Waals surface area (Å²) in [6, 6.07) is 3.77. The Hall–Kier alpha value is -1.86. The van der Waals surface area contributed by atoms with Crippen molar-refractivity contribution in [1.29, 1.82) is 0 Å². The average molecular weight is 417 g/mol. The predicted octanol–water partition coefficient (Wildman–Crippen LogP) is 3.24. The molecule has 2 heterocycles. The third-order valence-corrected chi connectivity index (χ3v) is 6.88. The van der Waals surface area contributed by atoms with Gasteiger partial charge in [-0.25, -0.2) is 9.78 Å². The van der Waals surface area contributed by atoms with Crippen LogP contribution in [0.5, 0.6) is 5.88 Å². The Kier molecular flexibility index (Phi) is 7.44. The number of aromatic nitrogens is 1. The zero-order valence-electron chi connectivity index (χ0n) is 18.0. The lowest BCUT2D eigenvalue weighted by atomic mass is 9.80. The summed E-state index contributed by atoms with van der Waals surface area (Å²) in [5.74, 6) is 0.680. The molecule has 2 amide bonds. The van der Waals surface area contributed by atoms with Crippen molar-refractivity contribution in [3.63, 3.8) is 0 Å². The highest BCUT2D eigenvalue weighted by Gasteiger charge is 2.38. The normalized spacial score (nSPS) is 22.5. The summed E-state index contributed by atoms with van der Waals surface area (Å²) in [6.45, 7) is 4.68. The molecule has 7 nitrogen and oxygen atoms in total. The Bertz CT molecular complexity index is 664. The molecule has 0 unspecified atom stereocenters. The minimum absolute atomic E-state index is 0.0835. The van der Waals surface area contributed by atoms with Crippen molar-refractivity contribution in [3.8, 4) is 5.88 Å². The summed E-state index contributed by atoms with van der Waals surface area (Å²) < 4.78 is 11.4. The zero-order valence-corrected chi connectivity index (χ0v) is 18.0. The molecule has 7 heteroatoms. The number of pyridine rings is 1. The van der Waals surface area contributed by atoms with Gasteiger partial charge in [0.05, 0.1) is 13.2 Å². The molecule has 3 fully saturated rings. The van der Waals surface area contributed by atoms with Crippen LogP contribution < -0.4 is 15.4 Å². The van der Waals surface area contributed by atoms with E-state index in [9.17, 15) is 4.79 Å². The van der Waals surface area contributed by atoms with Crippen molar-refractivity contribution in [2.45, 2.75) is 76.0 Å². The number of urea groups is 1. The van der Waals surface area contributed by atoms with Crippen molar-refractivity contribution in [2.75, 3.05) is 32.8 Å². The zero-order chi connectivity index (χ0) is 20.7. The lowest BCUT2D eigenvalue weighted by Crippen LogP contribution is -2.60. The van der Waals surface area contributed by atoms with Gasteiger partial charge in [-0.05, 0) is 44.1 Å². The first-order valence-electron chi connectivity index (χ1n) is 11.7. The molecule has 30 heavy (non-hydrogen) atoms. The van der Waals surface area contributed by atoms with Gasteiger partial charge in [0.25, 0.3) is 0 Å². The molecule has 2 aliphatic carbocycles. The molecule has 2 saturated carbocycles. The summed E-state index contributed by atoms with van der Waals surface area (Å²) in [5.41, 5.74) is 1.06. The van der Waals surface area contributed by atoms with Gasteiger partial charge < -0.3 is 20.1 Å². The van der Waals surface area contributed by atoms with E-state index in [0.717, 1.165) is 57.6 Å². The van der Waals surface area contributed by atoms with Crippen LogP contribution in [0.1, 0.15) is 63.4 Å². The molecular weight excluding hydrogens is 380 g/mol. The average Bonchev–Trinajstić information content (AvgIpc) is 3.31. The highest BCUT2D eigenvalue weighted by molar-refractivity contribution is 5.73. The topological polar surface area (TPSA) is 75.7 Å². The molecule has 0 radical (unpaired) electrons. The molecule has 166 valence electrons. The van der Waals surface area contributed by atoms with Gasteiger partial charge in [0.2, 0.25) is 5.88 Å². The third-order valence-electron chi connectivity index (χ3n) is 6.88. The van der Waals surface area contributed by atoms with E-state index < -0.39 is 0 Å². The highest BCUT2D eigenvalue weighted by atomic mass is 16.5. The van der Waals surface area contributed by atoms with E-state index in [-0.39, 0.29) is 11.6 Å². The van der Waals surface area contributed by atoms with Crippen LogP contribution in [0.4, 0.5) is 4.79 Å². The number of morpholine rings is 1. The second kappa shape index (κ2) is 10.4. The summed E-state index contributed by atoms with van der Waals surface area (Å²) in [6.07, 6.45) is 12.9. The fourth-order valence-corrected chi connectivity index (χ4v) is 5.10. The van der Waals surface area contributed by atoms with Gasteiger partial charge in [-0.2, -0.15) is 0 Å². The van der Waals surface area contributed by atoms with Gasteiger partial charge in [-0.15, -0.1) is 0 Å². The standard InChI is InChI=1S/C23H36N4O3/c28-22(25-17-19-8-9-21(24-16-19)30-20-6-2-3-7-20)26-18-23(10-4-1-5-11-23)27-12-14-29-15-13-27/h8-9,16,20H,1-7,10-15,17-18H2,(H2,25,26,28). The Morgan fingerprint density at radius 1 is 1.10 bits per heavy atom. The van der Waals surface area contributed by atoms with E-state index in [1.807, 2.05) is 12.1 Å². The molecule has 0 spiro atoms. The maximum Gasteiger partial charge on any atom is 0.315 e. The van der Waals surface area contributed by atoms with E-state index >= 15 is 0 Å².